The molecule has 0 unspecified atom stereocenters. The Kier molecular flexibility index (Phi) is 9.04. The summed E-state index contributed by atoms with van der Waals surface area (Å²) in [6.07, 6.45) is 0.215. The molecular formula is C26H26BrN3O2W. The molecule has 7 heteroatoms. The number of halogens is 1. The first-order valence-corrected chi connectivity index (χ1v) is 11.4. The smallest absolute Gasteiger partial charge is 0.248 e. The number of hydrogen-bond donors (Lipinski definition) is 4. The van der Waals surface area contributed by atoms with Gasteiger partial charge >= 0.3 is 0 Å². The van der Waals surface area contributed by atoms with E-state index in [4.69, 9.17) is 0 Å². The minimum Gasteiger partial charge on any atom is -0.387 e. The normalized spacial score (nSPS) is 11.7. The molecule has 3 aromatic carbocycles. The van der Waals surface area contributed by atoms with Crippen LogP contribution < -0.4 is 16.2 Å². The summed E-state index contributed by atoms with van der Waals surface area (Å²) in [5, 5.41) is 18.3. The van der Waals surface area contributed by atoms with Gasteiger partial charge in [0.05, 0.1) is 11.6 Å². The standard InChI is InChI=1S/C26H26BrN3O2.W/c1-17-5-10-22(23-11-12-25(32)30-26(17)23)24(31)16-28-14-13-18-6-8-20(9-7-18)29-21-4-2-3-19(27)15-21;/h2-12,15,24,28-29,31H,13-14,16H2,1H3,(H,30,32);/t24-;/m0./s1. The summed E-state index contributed by atoms with van der Waals surface area (Å²) in [6, 6.07) is 23.6. The van der Waals surface area contributed by atoms with E-state index < -0.39 is 6.10 Å². The van der Waals surface area contributed by atoms with E-state index in [2.05, 4.69) is 55.8 Å². The van der Waals surface area contributed by atoms with Crippen LogP contribution in [0.3, 0.4) is 0 Å². The van der Waals surface area contributed by atoms with E-state index in [1.54, 1.807) is 6.07 Å². The number of aliphatic hydroxyl groups excluding tert-OH is 1. The Morgan fingerprint density at radius 3 is 2.55 bits per heavy atom. The third-order valence-electron chi connectivity index (χ3n) is 5.49. The third-order valence-corrected chi connectivity index (χ3v) is 5.98. The van der Waals surface area contributed by atoms with Gasteiger partial charge in [-0.1, -0.05) is 46.3 Å². The molecule has 0 aliphatic carbocycles. The van der Waals surface area contributed by atoms with Gasteiger partial charge in [0, 0.05) is 54.9 Å². The molecule has 4 N–H and O–H groups in total. The number of aromatic amines is 1. The van der Waals surface area contributed by atoms with Crippen LogP contribution in [0.5, 0.6) is 0 Å². The van der Waals surface area contributed by atoms with Crippen LogP contribution in [0.1, 0.15) is 22.8 Å². The van der Waals surface area contributed by atoms with Crippen molar-refractivity contribution in [3.8, 4) is 0 Å². The van der Waals surface area contributed by atoms with E-state index in [0.717, 1.165) is 50.8 Å². The van der Waals surface area contributed by atoms with Crippen molar-refractivity contribution in [3.63, 3.8) is 0 Å². The minimum atomic E-state index is -0.652. The molecule has 1 heterocycles. The molecule has 5 nitrogen and oxygen atoms in total. The van der Waals surface area contributed by atoms with Gasteiger partial charge in [0.2, 0.25) is 5.56 Å². The second kappa shape index (κ2) is 11.8. The summed E-state index contributed by atoms with van der Waals surface area (Å²) in [5.74, 6) is 0. The summed E-state index contributed by atoms with van der Waals surface area (Å²) in [7, 11) is 0. The molecule has 0 spiro atoms. The molecule has 33 heavy (non-hydrogen) atoms. The number of H-pyrrole nitrogens is 1. The van der Waals surface area contributed by atoms with Crippen molar-refractivity contribution in [1.29, 1.82) is 0 Å². The predicted octanol–water partition coefficient (Wildman–Crippen LogP) is 5.21. The van der Waals surface area contributed by atoms with Crippen molar-refractivity contribution in [2.45, 2.75) is 19.4 Å². The minimum absolute atomic E-state index is 0. The molecule has 0 radical (unpaired) electrons. The number of aliphatic hydroxyl groups is 1. The van der Waals surface area contributed by atoms with E-state index >= 15 is 0 Å². The molecule has 0 bridgehead atoms. The average molecular weight is 676 g/mol. The number of nitrogens with one attached hydrogen (secondary N) is 3. The molecule has 0 fully saturated rings. The third kappa shape index (κ3) is 6.64. The van der Waals surface area contributed by atoms with Crippen LogP contribution in [0.15, 0.2) is 82.1 Å². The zero-order chi connectivity index (χ0) is 22.5. The van der Waals surface area contributed by atoms with Gasteiger partial charge < -0.3 is 20.7 Å². The molecule has 170 valence electrons. The number of aromatic nitrogens is 1. The van der Waals surface area contributed by atoms with Gasteiger partial charge in [-0.3, -0.25) is 4.79 Å². The van der Waals surface area contributed by atoms with Crippen molar-refractivity contribution in [2.24, 2.45) is 0 Å². The molecule has 0 aliphatic heterocycles. The van der Waals surface area contributed by atoms with Crippen LogP contribution in [-0.4, -0.2) is 23.2 Å². The molecule has 0 saturated carbocycles. The largest absolute Gasteiger partial charge is 0.387 e. The Labute approximate surface area is 216 Å². The summed E-state index contributed by atoms with van der Waals surface area (Å²) in [4.78, 5) is 14.5. The fourth-order valence-corrected chi connectivity index (χ4v) is 4.17. The van der Waals surface area contributed by atoms with Gasteiger partial charge in [0.1, 0.15) is 0 Å². The quantitative estimate of drug-likeness (QED) is 0.194. The zero-order valence-electron chi connectivity index (χ0n) is 18.3. The van der Waals surface area contributed by atoms with Gasteiger partial charge in [0.15, 0.2) is 0 Å². The number of benzene rings is 3. The van der Waals surface area contributed by atoms with Gasteiger partial charge in [-0.25, -0.2) is 0 Å². The van der Waals surface area contributed by atoms with Crippen LogP contribution in [0.2, 0.25) is 0 Å². The zero-order valence-corrected chi connectivity index (χ0v) is 22.8. The van der Waals surface area contributed by atoms with Crippen LogP contribution in [0, 0.1) is 6.92 Å². The summed E-state index contributed by atoms with van der Waals surface area (Å²) < 4.78 is 1.04. The van der Waals surface area contributed by atoms with E-state index in [-0.39, 0.29) is 26.6 Å². The van der Waals surface area contributed by atoms with E-state index in [1.165, 1.54) is 11.6 Å². The molecule has 4 rings (SSSR count). The Hall–Kier alpha value is -2.24. The van der Waals surface area contributed by atoms with Crippen LogP contribution in [-0.2, 0) is 27.5 Å². The van der Waals surface area contributed by atoms with Crippen molar-refractivity contribution in [3.05, 3.63) is 104 Å². The molecule has 4 aromatic rings. The fourth-order valence-electron chi connectivity index (χ4n) is 3.77. The van der Waals surface area contributed by atoms with E-state index in [9.17, 15) is 9.90 Å². The molecule has 1 atom stereocenters. The number of fused-ring (bicyclic) bond motifs is 1. The molecule has 0 amide bonds. The summed E-state index contributed by atoms with van der Waals surface area (Å²) in [6.45, 7) is 3.15. The number of aryl methyl sites for hydroxylation is 1. The topological polar surface area (TPSA) is 77.2 Å². The Bertz CT molecular complexity index is 1270. The van der Waals surface area contributed by atoms with Gasteiger partial charge in [-0.2, -0.15) is 0 Å². The van der Waals surface area contributed by atoms with Crippen LogP contribution in [0.4, 0.5) is 11.4 Å². The van der Waals surface area contributed by atoms with Crippen molar-refractivity contribution < 1.29 is 26.2 Å². The maximum absolute atomic E-state index is 11.7. The summed E-state index contributed by atoms with van der Waals surface area (Å²) in [5.41, 5.74) is 5.76. The second-order valence-corrected chi connectivity index (χ2v) is 8.80. The van der Waals surface area contributed by atoms with Crippen molar-refractivity contribution in [1.82, 2.24) is 10.3 Å². The van der Waals surface area contributed by atoms with Gasteiger partial charge in [-0.15, -0.1) is 0 Å². The molecular weight excluding hydrogens is 650 g/mol. The number of hydrogen-bond acceptors (Lipinski definition) is 4. The van der Waals surface area contributed by atoms with Gasteiger partial charge in [-0.05, 0) is 73.0 Å². The van der Waals surface area contributed by atoms with Crippen molar-refractivity contribution >= 4 is 38.2 Å². The number of rotatable bonds is 8. The first-order valence-electron chi connectivity index (χ1n) is 10.6. The molecule has 0 saturated heterocycles. The first-order chi connectivity index (χ1) is 15.5. The molecule has 0 aliphatic rings. The SMILES string of the molecule is Cc1ccc([C@@H](O)CNCCc2ccc(Nc3cccc(Br)c3)cc2)c2ccc(=O)[nH]c12.[W]. The predicted molar refractivity (Wildman–Crippen MR) is 135 cm³/mol. The Morgan fingerprint density at radius 2 is 1.79 bits per heavy atom. The second-order valence-electron chi connectivity index (χ2n) is 7.89. The van der Waals surface area contributed by atoms with Crippen molar-refractivity contribution in [2.75, 3.05) is 18.4 Å². The van der Waals surface area contributed by atoms with Crippen LogP contribution >= 0.6 is 15.9 Å². The number of anilines is 2. The van der Waals surface area contributed by atoms with E-state index in [0.29, 0.717) is 6.54 Å². The maximum Gasteiger partial charge on any atom is 0.248 e. The maximum atomic E-state index is 11.7. The van der Waals surface area contributed by atoms with Crippen LogP contribution in [0.25, 0.3) is 10.9 Å². The average Bonchev–Trinajstić information content (AvgIpc) is 2.78. The monoisotopic (exact) mass is 675 g/mol. The number of pyridine rings is 1. The fraction of sp³-hybridized carbons (Fsp3) is 0.192. The first kappa shape index (κ1) is 25.4. The molecule has 1 aromatic heterocycles. The Morgan fingerprint density at radius 1 is 1.00 bits per heavy atom. The van der Waals surface area contributed by atoms with E-state index in [1.807, 2.05) is 43.3 Å². The summed E-state index contributed by atoms with van der Waals surface area (Å²) >= 11 is 3.49. The van der Waals surface area contributed by atoms with Gasteiger partial charge in [0.25, 0.3) is 0 Å². The Balaban J connectivity index is 0.00000306.